The summed E-state index contributed by atoms with van der Waals surface area (Å²) in [5, 5.41) is 3.34. The van der Waals surface area contributed by atoms with E-state index in [1.54, 1.807) is 0 Å². The third-order valence-corrected chi connectivity index (χ3v) is 6.85. The fourth-order valence-electron chi connectivity index (χ4n) is 5.98. The molecule has 0 atom stereocenters. The van der Waals surface area contributed by atoms with Gasteiger partial charge in [-0.05, 0) is 81.1 Å². The van der Waals surface area contributed by atoms with Crippen molar-refractivity contribution in [1.82, 2.24) is 5.32 Å². The van der Waals surface area contributed by atoms with Crippen LogP contribution in [0.4, 0.5) is 0 Å². The van der Waals surface area contributed by atoms with E-state index in [1.165, 1.54) is 38.5 Å². The van der Waals surface area contributed by atoms with E-state index in [-0.39, 0.29) is 5.91 Å². The quantitative estimate of drug-likeness (QED) is 0.882. The van der Waals surface area contributed by atoms with E-state index in [2.05, 4.69) is 17.4 Å². The summed E-state index contributed by atoms with van der Waals surface area (Å²) in [7, 11) is 0. The third kappa shape index (κ3) is 2.70. The van der Waals surface area contributed by atoms with Gasteiger partial charge in [-0.25, -0.2) is 0 Å². The molecule has 4 saturated carbocycles. The first-order valence-electron chi connectivity index (χ1n) is 9.31. The Balaban J connectivity index is 1.44. The zero-order chi connectivity index (χ0) is 16.1. The smallest absolute Gasteiger partial charge is 0.230 e. The van der Waals surface area contributed by atoms with Crippen LogP contribution in [-0.2, 0) is 10.2 Å². The maximum atomic E-state index is 12.8. The van der Waals surface area contributed by atoms with Gasteiger partial charge in [0.15, 0.2) is 0 Å². The molecule has 0 spiro atoms. The van der Waals surface area contributed by atoms with Crippen molar-refractivity contribution in [2.75, 3.05) is 6.54 Å². The molecule has 0 aromatic heterocycles. The largest absolute Gasteiger partial charge is 0.355 e. The highest BCUT2D eigenvalue weighted by atomic mass is 16.2. The summed E-state index contributed by atoms with van der Waals surface area (Å²) >= 11 is 0. The van der Waals surface area contributed by atoms with Gasteiger partial charge in [0.25, 0.3) is 0 Å². The monoisotopic (exact) mass is 311 g/mol. The lowest BCUT2D eigenvalue weighted by molar-refractivity contribution is -0.127. The molecule has 0 saturated heterocycles. The Morgan fingerprint density at radius 2 is 1.57 bits per heavy atom. The summed E-state index contributed by atoms with van der Waals surface area (Å²) in [5.74, 6) is 3.01. The molecule has 124 valence electrons. The Morgan fingerprint density at radius 3 is 2.09 bits per heavy atom. The van der Waals surface area contributed by atoms with Crippen molar-refractivity contribution in [3.8, 4) is 0 Å². The molecule has 5 rings (SSSR count). The molecule has 4 aliphatic rings. The average molecular weight is 311 g/mol. The Labute approximate surface area is 140 Å². The summed E-state index contributed by atoms with van der Waals surface area (Å²) in [6.45, 7) is 4.97. The van der Waals surface area contributed by atoms with Gasteiger partial charge >= 0.3 is 0 Å². The van der Waals surface area contributed by atoms with E-state index in [9.17, 15) is 4.79 Å². The molecule has 1 aromatic carbocycles. The van der Waals surface area contributed by atoms with Crippen molar-refractivity contribution in [2.45, 2.75) is 57.8 Å². The number of carbonyl (C=O) groups excluding carboxylic acids is 1. The maximum absolute atomic E-state index is 12.8. The normalized spacial score (nSPS) is 35.3. The van der Waals surface area contributed by atoms with E-state index >= 15 is 0 Å². The summed E-state index contributed by atoms with van der Waals surface area (Å²) in [6, 6.07) is 10.2. The van der Waals surface area contributed by atoms with Crippen LogP contribution in [0.25, 0.3) is 0 Å². The van der Waals surface area contributed by atoms with Crippen LogP contribution in [0.15, 0.2) is 30.3 Å². The zero-order valence-corrected chi connectivity index (χ0v) is 14.5. The predicted octanol–water partition coefficient (Wildman–Crippen LogP) is 4.30. The lowest BCUT2D eigenvalue weighted by atomic mass is 9.49. The first-order valence-corrected chi connectivity index (χ1v) is 9.31. The van der Waals surface area contributed by atoms with E-state index in [0.717, 1.165) is 29.9 Å². The minimum atomic E-state index is -0.455. The van der Waals surface area contributed by atoms with Crippen LogP contribution < -0.4 is 5.32 Å². The highest BCUT2D eigenvalue weighted by Crippen LogP contribution is 2.59. The zero-order valence-electron chi connectivity index (χ0n) is 14.5. The first kappa shape index (κ1) is 15.2. The molecule has 1 N–H and O–H groups in total. The van der Waals surface area contributed by atoms with Gasteiger partial charge in [-0.15, -0.1) is 0 Å². The second-order valence-electron chi connectivity index (χ2n) is 9.09. The van der Waals surface area contributed by atoms with Gasteiger partial charge in [0.05, 0.1) is 5.41 Å². The summed E-state index contributed by atoms with van der Waals surface area (Å²) < 4.78 is 0. The molecule has 2 heteroatoms. The maximum Gasteiger partial charge on any atom is 0.230 e. The fourth-order valence-corrected chi connectivity index (χ4v) is 5.98. The topological polar surface area (TPSA) is 29.1 Å². The van der Waals surface area contributed by atoms with Gasteiger partial charge in [-0.3, -0.25) is 4.79 Å². The Morgan fingerprint density at radius 1 is 1.04 bits per heavy atom. The summed E-state index contributed by atoms with van der Waals surface area (Å²) in [6.07, 6.45) is 8.44. The lowest BCUT2D eigenvalue weighted by Gasteiger charge is -2.57. The van der Waals surface area contributed by atoms with Gasteiger partial charge in [-0.1, -0.05) is 30.3 Å². The molecule has 0 radical (unpaired) electrons. The Bertz CT molecular complexity index is 554. The molecule has 0 aliphatic heterocycles. The second-order valence-corrected chi connectivity index (χ2v) is 9.09. The minimum Gasteiger partial charge on any atom is -0.355 e. The van der Waals surface area contributed by atoms with E-state index in [1.807, 2.05) is 32.0 Å². The number of hydrogen-bond acceptors (Lipinski definition) is 1. The summed E-state index contributed by atoms with van der Waals surface area (Å²) in [5.41, 5.74) is 1.06. The predicted molar refractivity (Wildman–Crippen MR) is 93.1 cm³/mol. The Hall–Kier alpha value is -1.31. The van der Waals surface area contributed by atoms with Crippen molar-refractivity contribution in [1.29, 1.82) is 0 Å². The number of hydrogen-bond donors (Lipinski definition) is 1. The van der Waals surface area contributed by atoms with E-state index in [4.69, 9.17) is 0 Å². The Kier molecular flexibility index (Phi) is 3.55. The number of amides is 1. The molecule has 4 bridgehead atoms. The van der Waals surface area contributed by atoms with Crippen molar-refractivity contribution in [3.63, 3.8) is 0 Å². The van der Waals surface area contributed by atoms with Gasteiger partial charge < -0.3 is 5.32 Å². The van der Waals surface area contributed by atoms with Crippen molar-refractivity contribution >= 4 is 5.91 Å². The number of carbonyl (C=O) groups is 1. The van der Waals surface area contributed by atoms with Crippen LogP contribution in [0.3, 0.4) is 0 Å². The fraction of sp³-hybridized carbons (Fsp3) is 0.667. The molecular formula is C21H29NO. The molecule has 4 fully saturated rings. The number of rotatable bonds is 4. The number of nitrogens with one attached hydrogen (secondary N) is 1. The molecule has 4 aliphatic carbocycles. The number of benzene rings is 1. The molecule has 1 amide bonds. The first-order chi connectivity index (χ1) is 11.0. The molecule has 0 unspecified atom stereocenters. The highest BCUT2D eigenvalue weighted by Gasteiger charge is 2.51. The molecule has 23 heavy (non-hydrogen) atoms. The van der Waals surface area contributed by atoms with Crippen LogP contribution >= 0.6 is 0 Å². The molecular weight excluding hydrogens is 282 g/mol. The molecule has 0 heterocycles. The van der Waals surface area contributed by atoms with E-state index < -0.39 is 5.41 Å². The molecule has 2 nitrogen and oxygen atoms in total. The van der Waals surface area contributed by atoms with Gasteiger partial charge in [0.1, 0.15) is 0 Å². The van der Waals surface area contributed by atoms with Gasteiger partial charge in [0.2, 0.25) is 5.91 Å². The third-order valence-electron chi connectivity index (χ3n) is 6.85. The van der Waals surface area contributed by atoms with Crippen LogP contribution in [0.5, 0.6) is 0 Å². The van der Waals surface area contributed by atoms with Crippen LogP contribution in [0.1, 0.15) is 57.9 Å². The average Bonchev–Trinajstić information content (AvgIpc) is 2.52. The van der Waals surface area contributed by atoms with Crippen molar-refractivity contribution < 1.29 is 4.79 Å². The van der Waals surface area contributed by atoms with Crippen molar-refractivity contribution in [3.05, 3.63) is 35.9 Å². The van der Waals surface area contributed by atoms with Gasteiger partial charge in [0, 0.05) is 6.54 Å². The highest BCUT2D eigenvalue weighted by molar-refractivity contribution is 5.87. The lowest BCUT2D eigenvalue weighted by Crippen LogP contribution is -2.53. The van der Waals surface area contributed by atoms with Crippen LogP contribution in [-0.4, -0.2) is 12.5 Å². The van der Waals surface area contributed by atoms with Crippen LogP contribution in [0, 0.1) is 23.2 Å². The van der Waals surface area contributed by atoms with Crippen molar-refractivity contribution in [2.24, 2.45) is 23.2 Å². The van der Waals surface area contributed by atoms with E-state index in [0.29, 0.717) is 5.41 Å². The second kappa shape index (κ2) is 5.36. The summed E-state index contributed by atoms with van der Waals surface area (Å²) in [4.78, 5) is 12.8. The molecule has 1 aromatic rings. The van der Waals surface area contributed by atoms with Crippen LogP contribution in [0.2, 0.25) is 0 Å². The standard InChI is InChI=1S/C21H29NO/c1-20(2,18-6-4-3-5-7-18)19(23)22-14-21-11-15-8-16(12-21)10-17(9-15)13-21/h3-7,15-17H,8-14H2,1-2H3,(H,22,23). The SMILES string of the molecule is CC(C)(C(=O)NCC12CC3CC(CC(C3)C1)C2)c1ccccc1. The van der Waals surface area contributed by atoms with Gasteiger partial charge in [-0.2, -0.15) is 0 Å². The minimum absolute atomic E-state index is 0.180.